The van der Waals surface area contributed by atoms with Crippen LogP contribution in [0.1, 0.15) is 57.7 Å². The monoisotopic (exact) mass is 829 g/mol. The maximum Gasteiger partial charge on any atom is 0.311 e. The Morgan fingerprint density at radius 2 is 1.51 bits per heavy atom. The minimum absolute atomic E-state index is 0.0373. The number of halogens is 2. The number of fused-ring (bicyclic) bond motifs is 11. The van der Waals surface area contributed by atoms with E-state index in [0.717, 1.165) is 32.4 Å². The highest BCUT2D eigenvalue weighted by Gasteiger charge is 2.93. The third-order valence-corrected chi connectivity index (χ3v) is 21.1. The molecule has 2 aromatic carbocycles. The molecular weight excluding hydrogens is 793 g/mol. The molecular formula is C37H37F2N5O7S4. The molecule has 0 unspecified atom stereocenters. The van der Waals surface area contributed by atoms with Crippen LogP contribution in [0.2, 0.25) is 0 Å². The summed E-state index contributed by atoms with van der Waals surface area (Å²) >= 11 is 0. The zero-order chi connectivity index (χ0) is 39.4. The summed E-state index contributed by atoms with van der Waals surface area (Å²) in [5.41, 5.74) is -3.94. The molecule has 12 nitrogen and oxygen atoms in total. The molecule has 2 spiro atoms. The van der Waals surface area contributed by atoms with E-state index in [1.54, 1.807) is 40.7 Å². The number of nitrogens with zero attached hydrogens (tertiary/aromatic N) is 4. The highest BCUT2D eigenvalue weighted by Crippen LogP contribution is 2.79. The fourth-order valence-electron chi connectivity index (χ4n) is 11.1. The molecule has 12 rings (SSSR count). The molecule has 0 saturated carbocycles. The summed E-state index contributed by atoms with van der Waals surface area (Å²) in [5, 5.41) is 17.1. The van der Waals surface area contributed by atoms with E-state index in [-0.39, 0.29) is 24.0 Å². The van der Waals surface area contributed by atoms with E-state index in [4.69, 9.17) is 4.74 Å². The predicted octanol–water partition coefficient (Wildman–Crippen LogP) is 3.77. The first-order valence-electron chi connectivity index (χ1n) is 18.0. The van der Waals surface area contributed by atoms with E-state index in [0.29, 0.717) is 11.3 Å². The van der Waals surface area contributed by atoms with Crippen LogP contribution in [-0.4, -0.2) is 112 Å². The summed E-state index contributed by atoms with van der Waals surface area (Å²) in [7, 11) is 7.47. The predicted molar refractivity (Wildman–Crippen MR) is 203 cm³/mol. The van der Waals surface area contributed by atoms with Crippen LogP contribution >= 0.6 is 43.2 Å². The van der Waals surface area contributed by atoms with E-state index in [9.17, 15) is 14.7 Å². The molecule has 55 heavy (non-hydrogen) atoms. The molecule has 8 saturated heterocycles. The van der Waals surface area contributed by atoms with E-state index in [1.165, 1.54) is 74.8 Å². The second-order valence-corrected chi connectivity index (χ2v) is 22.2. The summed E-state index contributed by atoms with van der Waals surface area (Å²) < 4.78 is 38.8. The number of ether oxygens (including phenoxy) is 1. The Labute approximate surface area is 330 Å². The first-order chi connectivity index (χ1) is 25.8. The van der Waals surface area contributed by atoms with Crippen LogP contribution in [0.5, 0.6) is 0 Å². The van der Waals surface area contributed by atoms with Crippen molar-refractivity contribution in [3.05, 3.63) is 64.7 Å². The second kappa shape index (κ2) is 10.5. The third kappa shape index (κ3) is 3.47. The fourth-order valence-corrected chi connectivity index (χ4v) is 18.6. The SMILES string of the molecule is CC[C@@]12SS[C@]3(C(=O)N1C)[C@@H](O)[C@]1([C@@]45c6cc(F)ccc6N[C@@H]4N4C(=O)[C@]6(C)SS[C@]4(C(=O)N6C)[C@H]5OC(=O)C(C)(C)C)c4cc(F)ccc4C[C@@H]1N3C2=O. The Bertz CT molecular complexity index is 2250. The Kier molecular flexibility index (Phi) is 6.88. The van der Waals surface area contributed by atoms with Crippen LogP contribution in [0.3, 0.4) is 0 Å². The number of hydrogen-bond donors (Lipinski definition) is 2. The summed E-state index contributed by atoms with van der Waals surface area (Å²) in [6.45, 7) is 8.34. The van der Waals surface area contributed by atoms with Crippen molar-refractivity contribution in [1.82, 2.24) is 19.6 Å². The van der Waals surface area contributed by atoms with Gasteiger partial charge in [-0.3, -0.25) is 28.9 Å². The maximum absolute atomic E-state index is 16.0. The number of hydrogen-bond acceptors (Lipinski definition) is 12. The normalized spacial score (nSPS) is 41.6. The molecule has 10 atom stereocenters. The fraction of sp³-hybridized carbons (Fsp3) is 0.541. The lowest BCUT2D eigenvalue weighted by atomic mass is 9.51. The number of esters is 1. The summed E-state index contributed by atoms with van der Waals surface area (Å²) in [4.78, 5) is 73.8. The Balaban J connectivity index is 1.39. The number of carbonyl (C=O) groups excluding carboxylic acids is 5. The highest BCUT2D eigenvalue weighted by atomic mass is 33.1. The maximum atomic E-state index is 16.0. The molecule has 9 aliphatic heterocycles. The number of anilines is 1. The minimum Gasteiger partial charge on any atom is -0.457 e. The standard InChI is InChI=1S/C37H37F2N5O7S4/c1-8-33-27(47)43-22-13-16-9-10-17(38)14-19(16)34(22,23(45)36(43,54-53-33)28(48)42(33)7)35-20-15-18(39)11-12-21(20)40-25(35)44-26(46)32(5)41(6)29(49)37(44,55-52-32)24(35)51-30(50)31(2,3)4/h9-12,14-15,22-25,40,45H,8,13H2,1-7H3/t22-,23-,24-,25+,32-,33-,34-,35+,36-,37-/m0/s1. The Hall–Kier alpha value is -3.19. The van der Waals surface area contributed by atoms with Crippen molar-refractivity contribution >= 4 is 78.5 Å². The van der Waals surface area contributed by atoms with E-state index in [2.05, 4.69) is 5.32 Å². The van der Waals surface area contributed by atoms with Crippen LogP contribution in [0, 0.1) is 17.0 Å². The van der Waals surface area contributed by atoms with Gasteiger partial charge >= 0.3 is 5.97 Å². The minimum atomic E-state index is -2.03. The van der Waals surface area contributed by atoms with Gasteiger partial charge in [0.1, 0.15) is 23.9 Å². The summed E-state index contributed by atoms with van der Waals surface area (Å²) in [5.74, 6) is -4.16. The molecule has 290 valence electrons. The van der Waals surface area contributed by atoms with Gasteiger partial charge in [0, 0.05) is 19.8 Å². The number of amides is 4. The van der Waals surface area contributed by atoms with Crippen LogP contribution in [0.4, 0.5) is 14.5 Å². The average molecular weight is 830 g/mol. The molecule has 0 radical (unpaired) electrons. The first kappa shape index (κ1) is 36.2. The van der Waals surface area contributed by atoms with Gasteiger partial charge in [-0.25, -0.2) is 8.78 Å². The lowest BCUT2D eigenvalue weighted by Crippen LogP contribution is -2.77. The number of piperazine rings is 2. The van der Waals surface area contributed by atoms with Gasteiger partial charge in [0.15, 0.2) is 15.8 Å². The molecule has 1 aliphatic carbocycles. The lowest BCUT2D eigenvalue weighted by Gasteiger charge is -2.59. The van der Waals surface area contributed by atoms with Gasteiger partial charge in [-0.2, -0.15) is 0 Å². The molecule has 4 bridgehead atoms. The molecule has 18 heteroatoms. The second-order valence-electron chi connectivity index (χ2n) is 16.9. The molecule has 8 fully saturated rings. The van der Waals surface area contributed by atoms with Crippen molar-refractivity contribution in [3.8, 4) is 0 Å². The largest absolute Gasteiger partial charge is 0.457 e. The van der Waals surface area contributed by atoms with Gasteiger partial charge < -0.3 is 29.9 Å². The topological polar surface area (TPSA) is 140 Å². The quantitative estimate of drug-likeness (QED) is 0.344. The van der Waals surface area contributed by atoms with Crippen LogP contribution in [-0.2, 0) is 46.0 Å². The van der Waals surface area contributed by atoms with Crippen LogP contribution in [0.15, 0.2) is 36.4 Å². The van der Waals surface area contributed by atoms with Gasteiger partial charge in [0.25, 0.3) is 23.6 Å². The van der Waals surface area contributed by atoms with Crippen molar-refractivity contribution in [1.29, 1.82) is 0 Å². The van der Waals surface area contributed by atoms with Gasteiger partial charge in [0.2, 0.25) is 9.74 Å². The first-order valence-corrected chi connectivity index (χ1v) is 22.3. The van der Waals surface area contributed by atoms with Gasteiger partial charge in [-0.05, 0) is 109 Å². The number of likely N-dealkylation sites (N-methyl/N-ethyl adjacent to an activating group) is 2. The smallest absolute Gasteiger partial charge is 0.311 e. The number of aliphatic hydroxyl groups excluding tert-OH is 1. The average Bonchev–Trinajstić information content (AvgIpc) is 3.78. The zero-order valence-electron chi connectivity index (χ0n) is 30.8. The van der Waals surface area contributed by atoms with Crippen molar-refractivity contribution in [2.75, 3.05) is 19.4 Å². The third-order valence-electron chi connectivity index (χ3n) is 13.7. The number of benzene rings is 2. The number of aliphatic hydroxyl groups is 1. The lowest BCUT2D eigenvalue weighted by molar-refractivity contribution is -0.177. The number of rotatable bonds is 3. The zero-order valence-corrected chi connectivity index (χ0v) is 34.0. The number of nitrogens with one attached hydrogen (secondary N) is 1. The Morgan fingerprint density at radius 1 is 0.873 bits per heavy atom. The summed E-state index contributed by atoms with van der Waals surface area (Å²) in [6, 6.07) is 6.95. The van der Waals surface area contributed by atoms with Crippen molar-refractivity contribution < 1.29 is 42.6 Å². The molecule has 4 amide bonds. The van der Waals surface area contributed by atoms with Crippen molar-refractivity contribution in [3.63, 3.8) is 0 Å². The van der Waals surface area contributed by atoms with Gasteiger partial charge in [-0.1, -0.05) is 34.6 Å². The molecule has 2 N–H and O–H groups in total. The molecule has 2 aromatic rings. The van der Waals surface area contributed by atoms with E-state index >= 15 is 23.2 Å². The molecule has 0 aromatic heterocycles. The van der Waals surface area contributed by atoms with E-state index in [1.807, 2.05) is 0 Å². The van der Waals surface area contributed by atoms with Gasteiger partial charge in [0.05, 0.1) is 22.3 Å². The van der Waals surface area contributed by atoms with Crippen molar-refractivity contribution in [2.45, 2.75) is 102 Å². The molecule has 10 aliphatic rings. The van der Waals surface area contributed by atoms with Crippen LogP contribution in [0.25, 0.3) is 0 Å². The van der Waals surface area contributed by atoms with Crippen molar-refractivity contribution in [2.24, 2.45) is 5.41 Å². The Morgan fingerprint density at radius 3 is 2.18 bits per heavy atom. The van der Waals surface area contributed by atoms with Gasteiger partial charge in [-0.15, -0.1) is 0 Å². The highest BCUT2D eigenvalue weighted by molar-refractivity contribution is 8.78. The summed E-state index contributed by atoms with van der Waals surface area (Å²) in [6.07, 6.45) is -4.61. The molecule has 9 heterocycles. The van der Waals surface area contributed by atoms with Crippen LogP contribution < -0.4 is 5.32 Å². The van der Waals surface area contributed by atoms with E-state index < -0.39 is 101 Å². The number of carbonyl (C=O) groups is 5.